The van der Waals surface area contributed by atoms with Crippen LogP contribution in [0.5, 0.6) is 5.75 Å². The van der Waals surface area contributed by atoms with E-state index >= 15 is 0 Å². The van der Waals surface area contributed by atoms with Crippen molar-refractivity contribution in [3.63, 3.8) is 0 Å². The third-order valence-electron chi connectivity index (χ3n) is 9.25. The number of anilines is 1. The highest BCUT2D eigenvalue weighted by atomic mass is 32.1. The molecule has 2 fully saturated rings. The van der Waals surface area contributed by atoms with Crippen LogP contribution in [0.3, 0.4) is 0 Å². The monoisotopic (exact) mass is 625 g/mol. The van der Waals surface area contributed by atoms with Gasteiger partial charge < -0.3 is 19.3 Å². The van der Waals surface area contributed by atoms with Gasteiger partial charge in [-0.1, -0.05) is 12.6 Å². The van der Waals surface area contributed by atoms with Gasteiger partial charge in [0.15, 0.2) is 0 Å². The number of rotatable bonds is 8. The van der Waals surface area contributed by atoms with Gasteiger partial charge in [-0.3, -0.25) is 9.48 Å². The molecule has 8 nitrogen and oxygen atoms in total. The van der Waals surface area contributed by atoms with Gasteiger partial charge >= 0.3 is 0 Å². The van der Waals surface area contributed by atoms with Crippen LogP contribution in [0.25, 0.3) is 43.4 Å². The smallest absolute Gasteiger partial charge is 0.245 e. The minimum Gasteiger partial charge on any atom is -0.490 e. The molecule has 2 aliphatic rings. The molecule has 3 aromatic heterocycles. The number of aryl methyl sites for hydroxylation is 1. The molecule has 2 aliphatic heterocycles. The largest absolute Gasteiger partial charge is 0.490 e. The number of halogens is 1. The van der Waals surface area contributed by atoms with Crippen LogP contribution in [0.15, 0.2) is 66.7 Å². The second-order valence-corrected chi connectivity index (χ2v) is 13.0. The minimum atomic E-state index is -0.362. The summed E-state index contributed by atoms with van der Waals surface area (Å²) in [6, 6.07) is 13.2. The van der Waals surface area contributed by atoms with Crippen LogP contribution in [0, 0.1) is 11.2 Å². The average Bonchev–Trinajstić information content (AvgIpc) is 3.79. The van der Waals surface area contributed by atoms with Crippen LogP contribution in [0.1, 0.15) is 19.3 Å². The van der Waals surface area contributed by atoms with E-state index < -0.39 is 0 Å². The number of methoxy groups -OCH3 is 1. The number of likely N-dealkylation sites (tertiary alicyclic amines) is 1. The Bertz CT molecular complexity index is 1920. The molecule has 10 heteroatoms. The fraction of sp³-hybridized carbons (Fsp3) is 0.343. The second-order valence-electron chi connectivity index (χ2n) is 12.1. The van der Waals surface area contributed by atoms with E-state index in [-0.39, 0.29) is 17.1 Å². The highest BCUT2D eigenvalue weighted by molar-refractivity contribution is 7.18. The fourth-order valence-electron chi connectivity index (χ4n) is 7.05. The zero-order valence-electron chi connectivity index (χ0n) is 25.6. The van der Waals surface area contributed by atoms with Gasteiger partial charge in [0, 0.05) is 84.0 Å². The van der Waals surface area contributed by atoms with Crippen molar-refractivity contribution in [2.24, 2.45) is 12.5 Å². The lowest BCUT2D eigenvalue weighted by atomic mass is 9.79. The number of fused-ring (bicyclic) bond motifs is 2. The Balaban J connectivity index is 1.39. The number of carbonyl (C=O) groups excluding carboxylic acids is 1. The van der Waals surface area contributed by atoms with E-state index in [1.165, 1.54) is 18.2 Å². The van der Waals surface area contributed by atoms with E-state index in [9.17, 15) is 9.18 Å². The van der Waals surface area contributed by atoms with E-state index in [1.807, 2.05) is 22.8 Å². The first-order valence-electron chi connectivity index (χ1n) is 15.3. The predicted octanol–water partition coefficient (Wildman–Crippen LogP) is 6.69. The Hall–Kier alpha value is -4.28. The van der Waals surface area contributed by atoms with Crippen molar-refractivity contribution in [1.82, 2.24) is 19.7 Å². The maximum Gasteiger partial charge on any atom is 0.245 e. The molecule has 7 rings (SSSR count). The number of thiophene rings is 1. The topological polar surface area (TPSA) is 72.7 Å². The summed E-state index contributed by atoms with van der Waals surface area (Å²) < 4.78 is 28.9. The van der Waals surface area contributed by atoms with Crippen molar-refractivity contribution in [1.29, 1.82) is 0 Å². The second kappa shape index (κ2) is 11.9. The lowest BCUT2D eigenvalue weighted by Crippen LogP contribution is -2.47. The molecule has 0 bridgehead atoms. The Morgan fingerprint density at radius 1 is 1.13 bits per heavy atom. The van der Waals surface area contributed by atoms with Crippen molar-refractivity contribution >= 4 is 44.1 Å². The fourth-order valence-corrected chi connectivity index (χ4v) is 8.00. The summed E-state index contributed by atoms with van der Waals surface area (Å²) in [7, 11) is 3.56. The van der Waals surface area contributed by atoms with E-state index in [0.29, 0.717) is 25.5 Å². The highest BCUT2D eigenvalue weighted by Gasteiger charge is 2.43. The maximum atomic E-state index is 14.6. The van der Waals surface area contributed by atoms with Crippen LogP contribution in [-0.2, 0) is 16.6 Å². The normalized spacial score (nSPS) is 18.4. The summed E-state index contributed by atoms with van der Waals surface area (Å²) in [6.07, 6.45) is 6.26. The molecular formula is C35H36FN5O3S. The van der Waals surface area contributed by atoms with Gasteiger partial charge in [-0.2, -0.15) is 5.10 Å². The molecule has 1 amide bonds. The molecule has 0 N–H and O–H groups in total. The Labute approximate surface area is 265 Å². The molecule has 45 heavy (non-hydrogen) atoms. The number of pyridine rings is 1. The van der Waals surface area contributed by atoms with Crippen LogP contribution >= 0.6 is 11.3 Å². The molecule has 1 unspecified atom stereocenters. The van der Waals surface area contributed by atoms with Crippen molar-refractivity contribution in [3.05, 3.63) is 72.5 Å². The summed E-state index contributed by atoms with van der Waals surface area (Å²) in [5.41, 5.74) is 4.66. The quantitative estimate of drug-likeness (QED) is 0.141. The molecule has 1 atom stereocenters. The number of hydrogen-bond donors (Lipinski definition) is 0. The third kappa shape index (κ3) is 5.36. The van der Waals surface area contributed by atoms with Crippen LogP contribution in [0.2, 0.25) is 0 Å². The maximum absolute atomic E-state index is 14.6. The number of piperidine rings is 1. The van der Waals surface area contributed by atoms with Crippen LogP contribution in [-0.4, -0.2) is 72.1 Å². The standard InChI is InChI=1S/C35H36FN5O3S/c1-4-30(42)40-13-5-11-35(21-40)12-14-41(22-35)34-31(26-8-7-25(36)19-29(26)44-16-15-43-3)33-27(10-17-45-33)32(38-34)23-6-9-28-24(18-23)20-37-39(28)2/h4,6-10,17-20H,1,5,11-16,21-22H2,2-3H3. The number of nitrogens with zero attached hydrogens (tertiary/aromatic N) is 5. The van der Waals surface area contributed by atoms with Gasteiger partial charge in [-0.25, -0.2) is 9.37 Å². The molecule has 232 valence electrons. The molecule has 0 aliphatic carbocycles. The summed E-state index contributed by atoms with van der Waals surface area (Å²) in [5, 5.41) is 8.61. The van der Waals surface area contributed by atoms with E-state index in [1.54, 1.807) is 24.5 Å². The van der Waals surface area contributed by atoms with Gasteiger partial charge in [0.05, 0.1) is 24.0 Å². The molecule has 0 radical (unpaired) electrons. The summed E-state index contributed by atoms with van der Waals surface area (Å²) >= 11 is 1.65. The molecular weight excluding hydrogens is 589 g/mol. The lowest BCUT2D eigenvalue weighted by Gasteiger charge is -2.40. The van der Waals surface area contributed by atoms with Crippen molar-refractivity contribution < 1.29 is 18.7 Å². The van der Waals surface area contributed by atoms with E-state index in [2.05, 4.69) is 46.2 Å². The number of aromatic nitrogens is 3. The summed E-state index contributed by atoms with van der Waals surface area (Å²) in [6.45, 7) is 7.44. The summed E-state index contributed by atoms with van der Waals surface area (Å²) in [4.78, 5) is 22.4. The zero-order chi connectivity index (χ0) is 31.1. The molecule has 2 saturated heterocycles. The molecule has 1 spiro atoms. The average molecular weight is 626 g/mol. The van der Waals surface area contributed by atoms with Gasteiger partial charge in [0.2, 0.25) is 5.91 Å². The van der Waals surface area contributed by atoms with Gasteiger partial charge in [-0.15, -0.1) is 11.3 Å². The van der Waals surface area contributed by atoms with E-state index in [4.69, 9.17) is 14.5 Å². The Morgan fingerprint density at radius 3 is 2.87 bits per heavy atom. The predicted molar refractivity (Wildman–Crippen MR) is 177 cm³/mol. The third-order valence-corrected chi connectivity index (χ3v) is 10.2. The first-order valence-corrected chi connectivity index (χ1v) is 16.2. The number of benzene rings is 2. The minimum absolute atomic E-state index is 0.0106. The number of ether oxygens (including phenoxy) is 2. The molecule has 0 saturated carbocycles. The SMILES string of the molecule is C=CC(=O)N1CCCC2(CCN(c3nc(-c4ccc5c(cnn5C)c4)c4ccsc4c3-c3ccc(F)cc3OCCOC)C2)C1. The van der Waals surface area contributed by atoms with E-state index in [0.717, 1.165) is 88.1 Å². The molecule has 2 aromatic carbocycles. The van der Waals surface area contributed by atoms with Crippen molar-refractivity contribution in [2.75, 3.05) is 51.4 Å². The summed E-state index contributed by atoms with van der Waals surface area (Å²) in [5.74, 6) is 0.935. The highest BCUT2D eigenvalue weighted by Crippen LogP contribution is 2.49. The molecule has 5 heterocycles. The van der Waals surface area contributed by atoms with Crippen molar-refractivity contribution in [3.8, 4) is 28.1 Å². The van der Waals surface area contributed by atoms with Gasteiger partial charge in [0.1, 0.15) is 24.0 Å². The lowest BCUT2D eigenvalue weighted by molar-refractivity contribution is -0.129. The first kappa shape index (κ1) is 29.4. The Morgan fingerprint density at radius 2 is 2.02 bits per heavy atom. The van der Waals surface area contributed by atoms with Crippen molar-refractivity contribution in [2.45, 2.75) is 19.3 Å². The number of hydrogen-bond acceptors (Lipinski definition) is 7. The van der Waals surface area contributed by atoms with Gasteiger partial charge in [0.25, 0.3) is 0 Å². The van der Waals surface area contributed by atoms with Crippen LogP contribution in [0.4, 0.5) is 10.2 Å². The molecule has 5 aromatic rings. The van der Waals surface area contributed by atoms with Gasteiger partial charge in [-0.05, 0) is 61.1 Å². The number of amides is 1. The zero-order valence-corrected chi connectivity index (χ0v) is 26.4. The van der Waals surface area contributed by atoms with Crippen LogP contribution < -0.4 is 9.64 Å². The Kier molecular flexibility index (Phi) is 7.79. The number of carbonyl (C=O) groups is 1. The first-order chi connectivity index (χ1) is 21.9.